The summed E-state index contributed by atoms with van der Waals surface area (Å²) in [5, 5.41) is 0. The Morgan fingerprint density at radius 2 is 1.79 bits per heavy atom. The Morgan fingerprint density at radius 3 is 2.38 bits per heavy atom. The van der Waals surface area contributed by atoms with E-state index in [0.717, 1.165) is 6.07 Å². The number of hydrogen-bond donors (Lipinski definition) is 2. The molecule has 3 heterocycles. The lowest BCUT2D eigenvalue weighted by Crippen LogP contribution is -2.37. The molecule has 1 fully saturated rings. The zero-order valence-corrected chi connectivity index (χ0v) is 17.8. The number of pyridine rings is 1. The van der Waals surface area contributed by atoms with E-state index in [-0.39, 0.29) is 17.7 Å². The number of primary amides is 1. The second-order valence-electron chi connectivity index (χ2n) is 7.47. The molecule has 178 valence electrons. The van der Waals surface area contributed by atoms with Gasteiger partial charge in [-0.3, -0.25) is 9.59 Å². The van der Waals surface area contributed by atoms with Crippen LogP contribution in [0.5, 0.6) is 5.75 Å². The summed E-state index contributed by atoms with van der Waals surface area (Å²) in [7, 11) is 0. The lowest BCUT2D eigenvalue weighted by atomic mass is 10.0. The third kappa shape index (κ3) is 5.17. The Morgan fingerprint density at radius 1 is 1.15 bits per heavy atom. The van der Waals surface area contributed by atoms with Gasteiger partial charge in [-0.2, -0.15) is 13.2 Å². The first-order valence-corrected chi connectivity index (χ1v) is 10.2. The number of aromatic nitrogens is 3. The molecule has 1 aromatic carbocycles. The van der Waals surface area contributed by atoms with Gasteiger partial charge in [-0.05, 0) is 23.8 Å². The molecule has 0 spiro atoms. The molecule has 2 aromatic heterocycles. The van der Waals surface area contributed by atoms with Crippen LogP contribution in [0.4, 0.5) is 19.1 Å². The van der Waals surface area contributed by atoms with Crippen molar-refractivity contribution in [3.63, 3.8) is 0 Å². The van der Waals surface area contributed by atoms with E-state index in [1.807, 2.05) is 4.90 Å². The molecule has 3 N–H and O–H groups in total. The van der Waals surface area contributed by atoms with Gasteiger partial charge in [-0.1, -0.05) is 12.1 Å². The first-order valence-electron chi connectivity index (χ1n) is 10.2. The zero-order chi connectivity index (χ0) is 24.3. The predicted octanol–water partition coefficient (Wildman–Crippen LogP) is 2.37. The second-order valence-corrected chi connectivity index (χ2v) is 7.47. The van der Waals surface area contributed by atoms with Gasteiger partial charge in [0, 0.05) is 36.6 Å². The molecule has 1 aliphatic rings. The van der Waals surface area contributed by atoms with Crippen molar-refractivity contribution in [3.05, 3.63) is 69.9 Å². The number of alkyl halides is 3. The summed E-state index contributed by atoms with van der Waals surface area (Å²) in [6, 6.07) is 6.58. The minimum atomic E-state index is -4.84. The molecule has 34 heavy (non-hydrogen) atoms. The van der Waals surface area contributed by atoms with E-state index in [1.165, 1.54) is 24.3 Å². The Balaban J connectivity index is 1.49. The van der Waals surface area contributed by atoms with E-state index in [1.54, 1.807) is 17.4 Å². The largest absolute Gasteiger partial charge is 0.489 e. The molecule has 1 amide bonds. The van der Waals surface area contributed by atoms with Crippen molar-refractivity contribution in [1.82, 2.24) is 15.0 Å². The SMILES string of the molecule is NC(=O)c1cc(-c2ccc(OCc3cnc(N4CCOCC4)nc3)cc2)c(C(F)(F)F)[nH]c1=O. The van der Waals surface area contributed by atoms with E-state index < -0.39 is 28.9 Å². The van der Waals surface area contributed by atoms with Gasteiger partial charge < -0.3 is 25.1 Å². The number of benzene rings is 1. The van der Waals surface area contributed by atoms with Crippen LogP contribution in [0.1, 0.15) is 21.6 Å². The second kappa shape index (κ2) is 9.51. The first kappa shape index (κ1) is 23.2. The molecule has 0 aliphatic carbocycles. The maximum absolute atomic E-state index is 13.4. The predicted molar refractivity (Wildman–Crippen MR) is 115 cm³/mol. The Kier molecular flexibility index (Phi) is 6.50. The van der Waals surface area contributed by atoms with E-state index in [0.29, 0.717) is 43.6 Å². The van der Waals surface area contributed by atoms with Gasteiger partial charge in [0.05, 0.1) is 13.2 Å². The highest BCUT2D eigenvalue weighted by molar-refractivity contribution is 5.94. The molecular formula is C22H20F3N5O4. The summed E-state index contributed by atoms with van der Waals surface area (Å²) in [5.41, 5.74) is 2.54. The number of amides is 1. The maximum Gasteiger partial charge on any atom is 0.431 e. The number of hydrogen-bond acceptors (Lipinski definition) is 7. The van der Waals surface area contributed by atoms with Crippen molar-refractivity contribution in [2.75, 3.05) is 31.2 Å². The van der Waals surface area contributed by atoms with Crippen molar-refractivity contribution in [2.24, 2.45) is 5.73 Å². The lowest BCUT2D eigenvalue weighted by Gasteiger charge is -2.26. The number of rotatable bonds is 6. The van der Waals surface area contributed by atoms with E-state index in [9.17, 15) is 22.8 Å². The molecule has 12 heteroatoms. The van der Waals surface area contributed by atoms with Crippen molar-refractivity contribution in [2.45, 2.75) is 12.8 Å². The number of nitrogens with one attached hydrogen (secondary N) is 1. The average molecular weight is 475 g/mol. The standard InChI is InChI=1S/C22H20F3N5O4/c23-22(24,25)18-16(9-17(19(26)31)20(32)29-18)14-1-3-15(4-2-14)34-12-13-10-27-21(28-11-13)30-5-7-33-8-6-30/h1-4,9-11H,5-8,12H2,(H2,26,31)(H,29,32). The van der Waals surface area contributed by atoms with Gasteiger partial charge in [-0.15, -0.1) is 0 Å². The quantitative estimate of drug-likeness (QED) is 0.561. The molecule has 0 atom stereocenters. The van der Waals surface area contributed by atoms with Gasteiger partial charge in [0.15, 0.2) is 0 Å². The van der Waals surface area contributed by atoms with Gasteiger partial charge >= 0.3 is 6.18 Å². The number of halogens is 3. The molecule has 0 radical (unpaired) electrons. The summed E-state index contributed by atoms with van der Waals surface area (Å²) in [6.45, 7) is 2.83. The maximum atomic E-state index is 13.4. The highest BCUT2D eigenvalue weighted by Gasteiger charge is 2.36. The summed E-state index contributed by atoms with van der Waals surface area (Å²) in [6.07, 6.45) is -1.55. The summed E-state index contributed by atoms with van der Waals surface area (Å²) in [4.78, 5) is 35.6. The number of H-pyrrole nitrogens is 1. The molecule has 0 bridgehead atoms. The fourth-order valence-electron chi connectivity index (χ4n) is 3.41. The fraction of sp³-hybridized carbons (Fsp3) is 0.273. The Labute approximate surface area is 191 Å². The number of carbonyl (C=O) groups is 1. The molecule has 1 aliphatic heterocycles. The monoisotopic (exact) mass is 475 g/mol. The molecule has 1 saturated heterocycles. The average Bonchev–Trinajstić information content (AvgIpc) is 2.83. The fourth-order valence-corrected chi connectivity index (χ4v) is 3.41. The van der Waals surface area contributed by atoms with Crippen molar-refractivity contribution >= 4 is 11.9 Å². The summed E-state index contributed by atoms with van der Waals surface area (Å²) >= 11 is 0. The highest BCUT2D eigenvalue weighted by atomic mass is 19.4. The van der Waals surface area contributed by atoms with Crippen LogP contribution in [0, 0.1) is 0 Å². The molecule has 9 nitrogen and oxygen atoms in total. The van der Waals surface area contributed by atoms with Crippen molar-refractivity contribution in [1.29, 1.82) is 0 Å². The topological polar surface area (TPSA) is 123 Å². The summed E-state index contributed by atoms with van der Waals surface area (Å²) in [5.74, 6) is -0.125. The van der Waals surface area contributed by atoms with Gasteiger partial charge in [0.25, 0.3) is 11.5 Å². The van der Waals surface area contributed by atoms with Gasteiger partial charge in [-0.25, -0.2) is 9.97 Å². The van der Waals surface area contributed by atoms with Crippen molar-refractivity contribution in [3.8, 4) is 16.9 Å². The Bertz CT molecular complexity index is 1220. The van der Waals surface area contributed by atoms with Crippen LogP contribution in [0.3, 0.4) is 0 Å². The van der Waals surface area contributed by atoms with E-state index in [4.69, 9.17) is 15.2 Å². The first-order chi connectivity index (χ1) is 16.2. The van der Waals surface area contributed by atoms with E-state index in [2.05, 4.69) is 9.97 Å². The number of aromatic amines is 1. The van der Waals surface area contributed by atoms with E-state index >= 15 is 0 Å². The lowest BCUT2D eigenvalue weighted by molar-refractivity contribution is -0.140. The highest BCUT2D eigenvalue weighted by Crippen LogP contribution is 2.35. The van der Waals surface area contributed by atoms with Crippen LogP contribution in [0.2, 0.25) is 0 Å². The molecular weight excluding hydrogens is 455 g/mol. The summed E-state index contributed by atoms with van der Waals surface area (Å²) < 4.78 is 51.3. The Hall–Kier alpha value is -3.93. The number of morpholine rings is 1. The van der Waals surface area contributed by atoms with Crippen LogP contribution >= 0.6 is 0 Å². The van der Waals surface area contributed by atoms with Crippen LogP contribution < -0.4 is 20.9 Å². The molecule has 0 unspecified atom stereocenters. The number of nitrogens with two attached hydrogens (primary N) is 1. The minimum Gasteiger partial charge on any atom is -0.489 e. The molecule has 4 rings (SSSR count). The third-order valence-electron chi connectivity index (χ3n) is 5.15. The van der Waals surface area contributed by atoms with Crippen LogP contribution in [-0.4, -0.2) is 47.2 Å². The zero-order valence-electron chi connectivity index (χ0n) is 17.8. The number of anilines is 1. The number of nitrogens with zero attached hydrogens (tertiary/aromatic N) is 3. The third-order valence-corrected chi connectivity index (χ3v) is 5.15. The molecule has 3 aromatic rings. The van der Waals surface area contributed by atoms with Crippen LogP contribution in [0.15, 0.2) is 47.5 Å². The number of carbonyl (C=O) groups excluding carboxylic acids is 1. The van der Waals surface area contributed by atoms with Crippen LogP contribution in [-0.2, 0) is 17.5 Å². The molecule has 0 saturated carbocycles. The van der Waals surface area contributed by atoms with Gasteiger partial charge in [0.1, 0.15) is 23.6 Å². The van der Waals surface area contributed by atoms with Crippen LogP contribution in [0.25, 0.3) is 11.1 Å². The van der Waals surface area contributed by atoms with Crippen molar-refractivity contribution < 1.29 is 27.4 Å². The smallest absolute Gasteiger partial charge is 0.431 e. The normalized spacial score (nSPS) is 14.1. The van der Waals surface area contributed by atoms with Gasteiger partial charge in [0.2, 0.25) is 5.95 Å². The number of ether oxygens (including phenoxy) is 2. The minimum absolute atomic E-state index is 0.122.